The zero-order valence-electron chi connectivity index (χ0n) is 51.0. The van der Waals surface area contributed by atoms with Gasteiger partial charge in [-0.3, -0.25) is 19.8 Å². The predicted molar refractivity (Wildman–Crippen MR) is 363 cm³/mol. The number of carbonyl (C=O) groups is 1. The number of ether oxygens (including phenoxy) is 1. The number of pyridine rings is 3. The van der Waals surface area contributed by atoms with Gasteiger partial charge in [0.05, 0.1) is 42.0 Å². The topological polar surface area (TPSA) is 238 Å². The van der Waals surface area contributed by atoms with Crippen molar-refractivity contribution in [2.45, 2.75) is 255 Å². The van der Waals surface area contributed by atoms with Gasteiger partial charge in [0.2, 0.25) is 5.88 Å². The van der Waals surface area contributed by atoms with Crippen LogP contribution in [0.2, 0.25) is 0 Å². The third-order valence-electron chi connectivity index (χ3n) is 18.1. The Bertz CT molecular complexity index is 2220. The Morgan fingerprint density at radius 3 is 1.27 bits per heavy atom. The predicted octanol–water partition coefficient (Wildman–Crippen LogP) is 10.4. The molecule has 0 radical (unpaired) electrons. The van der Waals surface area contributed by atoms with Crippen molar-refractivity contribution >= 4 is 59.1 Å². The van der Waals surface area contributed by atoms with E-state index in [1.54, 1.807) is 18.2 Å². The fourth-order valence-corrected chi connectivity index (χ4v) is 13.4. The fourth-order valence-electron chi connectivity index (χ4n) is 13.4. The van der Waals surface area contributed by atoms with Crippen molar-refractivity contribution in [2.75, 3.05) is 46.4 Å². The monoisotopic (exact) mass is 1380 g/mol. The minimum atomic E-state index is 0. The Labute approximate surface area is 559 Å². The Kier molecular flexibility index (Phi) is 42.7. The number of aromatic nitrogens is 3. The minimum absolute atomic E-state index is 0. The van der Waals surface area contributed by atoms with Crippen molar-refractivity contribution in [3.05, 3.63) is 83.1 Å². The molecule has 17 nitrogen and oxygen atoms in total. The van der Waals surface area contributed by atoms with E-state index >= 15 is 0 Å². The van der Waals surface area contributed by atoms with Crippen LogP contribution in [0.1, 0.15) is 202 Å². The van der Waals surface area contributed by atoms with Crippen molar-refractivity contribution in [2.24, 2.45) is 21.5 Å². The van der Waals surface area contributed by atoms with E-state index in [-0.39, 0.29) is 41.1 Å². The second-order valence-electron chi connectivity index (χ2n) is 24.0. The van der Waals surface area contributed by atoms with E-state index in [0.29, 0.717) is 90.4 Å². The quantitative estimate of drug-likeness (QED) is 0.0602. The molecule has 88 heavy (non-hydrogen) atoms. The number of aliphatic imine (C=N–C) groups is 2. The molecule has 23 heteroatoms. The van der Waals surface area contributed by atoms with Crippen LogP contribution >= 0.6 is 40.4 Å². The summed E-state index contributed by atoms with van der Waals surface area (Å²) in [5.41, 5.74) is 16.8. The van der Waals surface area contributed by atoms with Crippen molar-refractivity contribution < 1.29 is 35.8 Å². The first-order valence-electron chi connectivity index (χ1n) is 32.3. The van der Waals surface area contributed by atoms with E-state index in [1.165, 1.54) is 173 Å². The van der Waals surface area contributed by atoms with Crippen LogP contribution in [-0.4, -0.2) is 153 Å². The molecule has 3 aromatic heterocycles. The number of rotatable bonds is 7. The van der Waals surface area contributed by atoms with Crippen molar-refractivity contribution in [3.8, 4) is 5.88 Å². The Morgan fingerprint density at radius 2 is 0.852 bits per heavy atom. The number of fused-ring (bicyclic) bond motifs is 8. The molecule has 12 atom stereocenters. The minimum Gasteiger partial charge on any atom is -0.311 e. The van der Waals surface area contributed by atoms with Crippen LogP contribution in [0.15, 0.2) is 64.6 Å². The van der Waals surface area contributed by atoms with Gasteiger partial charge in [-0.1, -0.05) is 110 Å². The maximum atomic E-state index is 10.2. The van der Waals surface area contributed by atoms with Gasteiger partial charge in [-0.25, -0.2) is 9.97 Å². The average molecular weight is 1390 g/mol. The number of nitrogens with one attached hydrogen (secondary N) is 8. The van der Waals surface area contributed by atoms with Gasteiger partial charge in [-0.05, 0) is 107 Å². The van der Waals surface area contributed by atoms with Gasteiger partial charge in [0.25, 0.3) is 0 Å². The summed E-state index contributed by atoms with van der Waals surface area (Å²) in [7, 11) is 20.7. The molecular weight excluding hydrogens is 1270 g/mol. The molecule has 12 N–H and O–H groups in total. The van der Waals surface area contributed by atoms with Gasteiger partial charge in [0.15, 0.2) is 6.29 Å². The number of nitrogens with two attached hydrogens (primary N) is 2. The first-order chi connectivity index (χ1) is 42.2. The molecule has 500 valence electrons. The van der Waals surface area contributed by atoms with Crippen LogP contribution in [0.4, 0.5) is 0 Å². The molecule has 8 aliphatic rings. The summed E-state index contributed by atoms with van der Waals surface area (Å²) >= 11 is 0.0139. The van der Waals surface area contributed by atoms with Gasteiger partial charge in [0.1, 0.15) is 5.69 Å². The van der Waals surface area contributed by atoms with E-state index in [1.807, 2.05) is 24.6 Å². The Balaban J connectivity index is 0.000000252. The standard InChI is InChI=1S/C21H35N5.C21H31N5.C14H30N4.C7H7NO2.2CH4.4ClH.2Mn/c2*1-3-10-20-18(8-1)22-12-13-23-19-9-2-4-11-21(19)25-15-17-7-5-6-16(26-17)14-24-20;15-11-5-1-3-7-13(11)17-9-10-18-14-8-4-2-6-12(14)16;1-10-7-4-2-3-6(5-9)8-7;;;;;;;;/h5-7,18-25H,1-4,8-15H2;5-7,14-15,18-23H,1-4,8-13H2;11-14,17-18H,1-10,15-16H2;2-5H,1H3;2*1H4;4*1H;;/q;;;;;;;;;;2*+2/p-4/t2*18?,19?,20-,21-;11-,12-,13?,14?;;;;;;;;;/m111........./s1. The summed E-state index contributed by atoms with van der Waals surface area (Å²) in [6.45, 7) is 7.94. The SMILES string of the molecule is C.C.C1=N[C@@H]2CCCCC2NCCNC2CCCC[C@H]2N=Cc2cccc1n2.COc1cccc(C=O)n1.N[C@@H]1CCCCC1NCCNC1CCCC[C@H]1N.[Cl][Mn][Cl].[Cl][Mn][Cl].c1cc2nc(c1)CN[C@@H]1CCCCC1NCCNC1CCCC[C@H]1NC2. The molecular formula is C65H111Cl4Mn2N15O2. The molecule has 4 bridgehead atoms. The number of hydrogen-bond donors (Lipinski definition) is 10. The van der Waals surface area contributed by atoms with Crippen molar-refractivity contribution in [3.63, 3.8) is 0 Å². The smallest absolute Gasteiger partial charge is 0.0545 e. The Hall–Kier alpha value is -1.94. The molecule has 0 saturated heterocycles. The molecule has 0 spiro atoms. The summed E-state index contributed by atoms with van der Waals surface area (Å²) in [5, 5.41) is 29.9. The van der Waals surface area contributed by atoms with Crippen LogP contribution < -0.4 is 58.7 Å². The molecule has 3 aromatic rings. The van der Waals surface area contributed by atoms with Gasteiger partial charge >= 0.3 is 66.7 Å². The summed E-state index contributed by atoms with van der Waals surface area (Å²) in [6, 6.07) is 23.5. The molecule has 6 saturated carbocycles. The largest absolute Gasteiger partial charge is 0.311 e. The normalized spacial score (nSPS) is 28.9. The molecule has 5 heterocycles. The van der Waals surface area contributed by atoms with Crippen LogP contribution in [-0.2, 0) is 39.4 Å². The maximum absolute atomic E-state index is 10.2. The van der Waals surface area contributed by atoms with Gasteiger partial charge < -0.3 is 58.7 Å². The van der Waals surface area contributed by atoms with Crippen LogP contribution in [0.5, 0.6) is 5.88 Å². The zero-order valence-corrected chi connectivity index (χ0v) is 56.3. The average Bonchev–Trinajstić information content (AvgIpc) is 3.69. The summed E-state index contributed by atoms with van der Waals surface area (Å²) in [5.74, 6) is 0.463. The fraction of sp³-hybridized carbons (Fsp3) is 0.723. The van der Waals surface area contributed by atoms with Crippen molar-refractivity contribution in [1.29, 1.82) is 0 Å². The Morgan fingerprint density at radius 1 is 0.489 bits per heavy atom. The summed E-state index contributed by atoms with van der Waals surface area (Å²) in [6.07, 6.45) is 35.2. The number of methoxy groups -OCH3 is 1. The van der Waals surface area contributed by atoms with E-state index < -0.39 is 0 Å². The van der Waals surface area contributed by atoms with Gasteiger partial charge in [-0.2, -0.15) is 0 Å². The number of hydrogen-bond acceptors (Lipinski definition) is 17. The molecule has 6 fully saturated rings. The maximum Gasteiger partial charge on any atom is 0.0545 e. The molecule has 6 aliphatic carbocycles. The zero-order chi connectivity index (χ0) is 60.8. The first-order valence-corrected chi connectivity index (χ1v) is 38.8. The number of nitrogens with zero attached hydrogens (tertiary/aromatic N) is 5. The molecule has 2 aliphatic heterocycles. The summed E-state index contributed by atoms with van der Waals surface area (Å²) < 4.78 is 4.79. The first kappa shape index (κ1) is 78.5. The molecule has 6 unspecified atom stereocenters. The van der Waals surface area contributed by atoms with Crippen molar-refractivity contribution in [1.82, 2.24) is 57.5 Å². The van der Waals surface area contributed by atoms with Crippen LogP contribution in [0.3, 0.4) is 0 Å². The third-order valence-corrected chi connectivity index (χ3v) is 18.1. The van der Waals surface area contributed by atoms with Crippen LogP contribution in [0, 0.1) is 0 Å². The van der Waals surface area contributed by atoms with Gasteiger partial charge in [0, 0.05) is 131 Å². The van der Waals surface area contributed by atoms with E-state index in [4.69, 9.17) is 76.5 Å². The van der Waals surface area contributed by atoms with Gasteiger partial charge in [-0.15, -0.1) is 0 Å². The third kappa shape index (κ3) is 30.0. The molecule has 11 rings (SSSR count). The number of halogens is 4. The molecule has 0 aromatic carbocycles. The van der Waals surface area contributed by atoms with Crippen LogP contribution in [0.25, 0.3) is 0 Å². The summed E-state index contributed by atoms with van der Waals surface area (Å²) in [4.78, 5) is 33.4. The number of aldehydes is 1. The number of carbonyl (C=O) groups excluding carboxylic acids is 1. The van der Waals surface area contributed by atoms with E-state index in [0.717, 1.165) is 63.7 Å². The second-order valence-corrected chi connectivity index (χ2v) is 27.9. The van der Waals surface area contributed by atoms with E-state index in [9.17, 15) is 4.79 Å². The molecule has 0 amide bonds. The second kappa shape index (κ2) is 47.9. The van der Waals surface area contributed by atoms with E-state index in [2.05, 4.69) is 71.8 Å².